The van der Waals surface area contributed by atoms with E-state index in [1.54, 1.807) is 18.2 Å². The van der Waals surface area contributed by atoms with Crippen molar-refractivity contribution in [2.45, 2.75) is 116 Å². The van der Waals surface area contributed by atoms with Crippen LogP contribution in [0.3, 0.4) is 0 Å². The summed E-state index contributed by atoms with van der Waals surface area (Å²) >= 11 is 7.65. The number of amides is 4. The van der Waals surface area contributed by atoms with Crippen molar-refractivity contribution < 1.29 is 49.2 Å². The van der Waals surface area contributed by atoms with E-state index in [1.807, 2.05) is 59.3 Å². The summed E-state index contributed by atoms with van der Waals surface area (Å²) in [4.78, 5) is 60.8. The van der Waals surface area contributed by atoms with E-state index in [4.69, 9.17) is 11.6 Å². The second kappa shape index (κ2) is 24.5. The van der Waals surface area contributed by atoms with E-state index < -0.39 is 64.7 Å². The zero-order valence-corrected chi connectivity index (χ0v) is 50.5. The molecule has 3 unspecified atom stereocenters. The lowest BCUT2D eigenvalue weighted by Crippen LogP contribution is -2.68. The number of anilines is 2. The van der Waals surface area contributed by atoms with Crippen molar-refractivity contribution in [3.8, 4) is 0 Å². The highest BCUT2D eigenvalue weighted by Crippen LogP contribution is 2.44. The number of imide groups is 1. The Hall–Kier alpha value is -6.27. The summed E-state index contributed by atoms with van der Waals surface area (Å²) in [5, 5.41) is 6.11. The Morgan fingerprint density at radius 1 is 0.835 bits per heavy atom. The molecule has 4 amide bonds. The van der Waals surface area contributed by atoms with Crippen LogP contribution in [0.5, 0.6) is 0 Å². The Bertz CT molecular complexity index is 3630. The molecular formula is C62H68ClF3N8O8S3. The number of benzene rings is 5. The van der Waals surface area contributed by atoms with Crippen LogP contribution in [0.15, 0.2) is 136 Å². The molecule has 5 aromatic rings. The van der Waals surface area contributed by atoms with E-state index >= 15 is 0 Å². The highest BCUT2D eigenvalue weighted by Gasteiger charge is 2.49. The van der Waals surface area contributed by atoms with E-state index in [2.05, 4.69) is 56.2 Å². The molecular weight excluding hydrogens is 1170 g/mol. The summed E-state index contributed by atoms with van der Waals surface area (Å²) in [6.45, 7) is 11.4. The molecule has 1 aliphatic carbocycles. The Kier molecular flexibility index (Phi) is 17.4. The maximum absolute atomic E-state index is 14.5. The van der Waals surface area contributed by atoms with Gasteiger partial charge in [0, 0.05) is 122 Å². The van der Waals surface area contributed by atoms with Gasteiger partial charge in [-0.1, -0.05) is 73.5 Å². The number of piperidine rings is 2. The van der Waals surface area contributed by atoms with Crippen molar-refractivity contribution >= 4 is 83.8 Å². The molecule has 5 saturated heterocycles. The van der Waals surface area contributed by atoms with Gasteiger partial charge < -0.3 is 20.0 Å². The van der Waals surface area contributed by atoms with Gasteiger partial charge >= 0.3 is 5.51 Å². The molecule has 6 aliphatic heterocycles. The van der Waals surface area contributed by atoms with Crippen LogP contribution in [0.25, 0.3) is 5.57 Å². The van der Waals surface area contributed by atoms with Gasteiger partial charge in [0.25, 0.3) is 31.7 Å². The SMILES string of the molecule is CC1(C)CCC(c2ccc(Cl)cc2)=C(CN2CCN(c3ccc(C(=O)NS(=O)(=O)c4ccc(N[C@H](CCN5CC6CC(C5)N6Cc5ccc6c(c5)CN(C5CCC(=O)NC5=O)C6=O)CSc5ccccc5)c(S(=O)(=O)C(F)(F)F)c4)cc3)CC2)C1. The summed E-state index contributed by atoms with van der Waals surface area (Å²) < 4.78 is 100. The lowest BCUT2D eigenvalue weighted by atomic mass is 9.73. The smallest absolute Gasteiger partial charge is 0.380 e. The van der Waals surface area contributed by atoms with E-state index in [9.17, 15) is 49.2 Å². The van der Waals surface area contributed by atoms with E-state index in [0.29, 0.717) is 55.0 Å². The largest absolute Gasteiger partial charge is 0.501 e. The van der Waals surface area contributed by atoms with Crippen LogP contribution < -0.4 is 20.3 Å². The number of fused-ring (bicyclic) bond motifs is 3. The Morgan fingerprint density at radius 3 is 2.25 bits per heavy atom. The normalized spacial score (nSPS) is 21.8. The number of nitrogens with zero attached hydrogens (tertiary/aromatic N) is 5. The first-order valence-corrected chi connectivity index (χ1v) is 33.1. The second-order valence-corrected chi connectivity index (χ2v) is 29.0. The van der Waals surface area contributed by atoms with Crippen molar-refractivity contribution in [2.24, 2.45) is 5.41 Å². The third kappa shape index (κ3) is 13.5. The molecule has 450 valence electrons. The fourth-order valence-electron chi connectivity index (χ4n) is 12.8. The zero-order chi connectivity index (χ0) is 60.0. The lowest BCUT2D eigenvalue weighted by Gasteiger charge is -2.56. The highest BCUT2D eigenvalue weighted by atomic mass is 35.5. The first kappa shape index (κ1) is 60.4. The molecule has 0 aromatic heterocycles. The first-order valence-electron chi connectivity index (χ1n) is 28.7. The summed E-state index contributed by atoms with van der Waals surface area (Å²) in [7, 11) is -11.1. The molecule has 5 fully saturated rings. The predicted molar refractivity (Wildman–Crippen MR) is 321 cm³/mol. The third-order valence-electron chi connectivity index (χ3n) is 17.5. The zero-order valence-electron chi connectivity index (χ0n) is 47.2. The highest BCUT2D eigenvalue weighted by molar-refractivity contribution is 7.99. The molecule has 12 rings (SSSR count). The second-order valence-electron chi connectivity index (χ2n) is 23.9. The van der Waals surface area contributed by atoms with Gasteiger partial charge in [-0.25, -0.2) is 21.6 Å². The minimum absolute atomic E-state index is 0.0224. The van der Waals surface area contributed by atoms with Gasteiger partial charge in [0.15, 0.2) is 0 Å². The maximum Gasteiger partial charge on any atom is 0.501 e. The number of sulfone groups is 1. The summed E-state index contributed by atoms with van der Waals surface area (Å²) in [5.41, 5.74) is 1.21. The number of rotatable bonds is 19. The molecule has 23 heteroatoms. The van der Waals surface area contributed by atoms with Gasteiger partial charge in [-0.05, 0) is 139 Å². The lowest BCUT2D eigenvalue weighted by molar-refractivity contribution is -0.136. The quantitative estimate of drug-likeness (QED) is 0.0524. The van der Waals surface area contributed by atoms with Crippen LogP contribution in [0, 0.1) is 5.41 Å². The summed E-state index contributed by atoms with van der Waals surface area (Å²) in [6, 6.07) is 31.1. The molecule has 0 spiro atoms. The Balaban J connectivity index is 0.725. The van der Waals surface area contributed by atoms with Crippen molar-refractivity contribution in [3.05, 3.63) is 154 Å². The van der Waals surface area contributed by atoms with Gasteiger partial charge in [-0.15, -0.1) is 11.8 Å². The Labute approximate surface area is 503 Å². The molecule has 0 saturated carbocycles. The van der Waals surface area contributed by atoms with Gasteiger partial charge in [-0.2, -0.15) is 13.2 Å². The monoisotopic (exact) mass is 1240 g/mol. The van der Waals surface area contributed by atoms with E-state index in [-0.39, 0.29) is 54.3 Å². The van der Waals surface area contributed by atoms with Gasteiger partial charge in [0.05, 0.1) is 10.6 Å². The topological polar surface area (TPSA) is 189 Å². The molecule has 3 N–H and O–H groups in total. The number of hydrogen-bond acceptors (Lipinski definition) is 14. The van der Waals surface area contributed by atoms with Crippen LogP contribution in [0.4, 0.5) is 24.5 Å². The van der Waals surface area contributed by atoms with E-state index in [1.165, 1.54) is 45.5 Å². The van der Waals surface area contributed by atoms with Crippen molar-refractivity contribution in [1.82, 2.24) is 29.6 Å². The maximum atomic E-state index is 14.5. The molecule has 6 heterocycles. The fourth-order valence-corrected chi connectivity index (χ4v) is 16.0. The van der Waals surface area contributed by atoms with Crippen LogP contribution in [0.2, 0.25) is 5.02 Å². The molecule has 16 nitrogen and oxygen atoms in total. The summed E-state index contributed by atoms with van der Waals surface area (Å²) in [5.74, 6) is -1.77. The minimum atomic E-state index is -6.14. The van der Waals surface area contributed by atoms with Crippen LogP contribution in [0.1, 0.15) is 96.2 Å². The fraction of sp³-hybridized carbons (Fsp3) is 0.419. The van der Waals surface area contributed by atoms with Crippen molar-refractivity contribution in [2.75, 3.05) is 68.3 Å². The average Bonchev–Trinajstić information content (AvgIpc) is 2.59. The van der Waals surface area contributed by atoms with Gasteiger partial charge in [-0.3, -0.25) is 34.3 Å². The van der Waals surface area contributed by atoms with Crippen molar-refractivity contribution in [3.63, 3.8) is 0 Å². The van der Waals surface area contributed by atoms with Crippen LogP contribution >= 0.6 is 23.4 Å². The van der Waals surface area contributed by atoms with Gasteiger partial charge in [0.2, 0.25) is 11.8 Å². The number of carbonyl (C=O) groups is 4. The molecule has 7 aliphatic rings. The standard InChI is InChI=1S/C62H68ClF3N8O8S3/c1-61(2)24-22-52(41-9-13-45(63)14-10-41)44(33-61)35-70-26-28-72(29-27-70)47-15-11-42(12-16-47)58(76)69-85(81,82)51-17-19-54(56(32-51)84(79,80)62(64,65)66)67-46(39-83-50-6-4-3-5-7-50)23-25-71-37-48-31-49(38-71)73(48)34-40-8-18-53-43(30-40)36-74(60(53)78)55-20-21-57(75)68-59(55)77/h3-19,30,32,46,48-49,55,67H,20-29,31,33-39H2,1-2H3,(H,69,76)(H,68,75,77)/t46-,48?,49?,55?/m1/s1. The summed E-state index contributed by atoms with van der Waals surface area (Å²) in [6.07, 6.45) is 4.92. The predicted octanol–water partition coefficient (Wildman–Crippen LogP) is 9.22. The number of alkyl halides is 3. The average molecular weight is 1240 g/mol. The molecule has 4 atom stereocenters. The number of sulfonamides is 1. The van der Waals surface area contributed by atoms with Gasteiger partial charge in [0.1, 0.15) is 10.9 Å². The minimum Gasteiger partial charge on any atom is -0.380 e. The number of carbonyl (C=O) groups excluding carboxylic acids is 4. The van der Waals surface area contributed by atoms with Crippen LogP contribution in [-0.2, 0) is 42.5 Å². The first-order chi connectivity index (χ1) is 40.5. The van der Waals surface area contributed by atoms with E-state index in [0.717, 1.165) is 92.2 Å². The molecule has 2 bridgehead atoms. The third-order valence-corrected chi connectivity index (χ3v) is 21.7. The number of allylic oxidation sites excluding steroid dienone is 1. The number of hydrogen-bond donors (Lipinski definition) is 3. The molecule has 5 aromatic carbocycles. The number of halogens is 4. The van der Waals surface area contributed by atoms with Crippen LogP contribution in [-0.4, -0.2) is 148 Å². The number of nitrogens with one attached hydrogen (secondary N) is 3. The Morgan fingerprint density at radius 2 is 1.55 bits per heavy atom. The molecule has 85 heavy (non-hydrogen) atoms. The number of piperazine rings is 2. The van der Waals surface area contributed by atoms with Crippen molar-refractivity contribution in [1.29, 1.82) is 0 Å². The molecule has 0 radical (unpaired) electrons. The number of thioether (sulfide) groups is 1.